The Kier molecular flexibility index (Phi) is 6.47. The zero-order valence-corrected chi connectivity index (χ0v) is 18.1. The summed E-state index contributed by atoms with van der Waals surface area (Å²) in [5, 5.41) is 9.86. The van der Waals surface area contributed by atoms with E-state index in [1.807, 2.05) is 11.8 Å². The summed E-state index contributed by atoms with van der Waals surface area (Å²) >= 11 is 1.33. The predicted molar refractivity (Wildman–Crippen MR) is 114 cm³/mol. The van der Waals surface area contributed by atoms with Crippen molar-refractivity contribution >= 4 is 17.2 Å². The van der Waals surface area contributed by atoms with Gasteiger partial charge in [0.15, 0.2) is 0 Å². The Labute approximate surface area is 186 Å². The van der Waals surface area contributed by atoms with Crippen LogP contribution in [0.1, 0.15) is 30.3 Å². The van der Waals surface area contributed by atoms with Gasteiger partial charge in [0, 0.05) is 42.3 Å². The number of ether oxygens (including phenoxy) is 1. The lowest BCUT2D eigenvalue weighted by molar-refractivity contribution is -0.274. The van der Waals surface area contributed by atoms with E-state index in [0.29, 0.717) is 28.5 Å². The minimum atomic E-state index is -4.77. The van der Waals surface area contributed by atoms with Gasteiger partial charge in [-0.05, 0) is 31.5 Å². The Hall–Kier alpha value is -2.92. The van der Waals surface area contributed by atoms with E-state index in [2.05, 4.69) is 20.1 Å². The average molecular weight is 466 g/mol. The average Bonchev–Trinajstić information content (AvgIpc) is 3.51. The number of alkyl halides is 3. The highest BCUT2D eigenvalue weighted by Crippen LogP contribution is 2.28. The third-order valence-electron chi connectivity index (χ3n) is 5.07. The monoisotopic (exact) mass is 465 g/mol. The topological polar surface area (TPSA) is 72.3 Å². The first-order valence-corrected chi connectivity index (χ1v) is 11.1. The number of hydrogen-bond acceptors (Lipinski definition) is 6. The van der Waals surface area contributed by atoms with E-state index in [1.54, 1.807) is 23.8 Å². The number of halogens is 3. The molecular weight excluding hydrogens is 443 g/mol. The molecule has 1 atom stereocenters. The third-order valence-corrected chi connectivity index (χ3v) is 5.96. The molecule has 4 rings (SSSR count). The van der Waals surface area contributed by atoms with Crippen LogP contribution in [0.4, 0.5) is 13.2 Å². The van der Waals surface area contributed by atoms with Gasteiger partial charge in [-0.1, -0.05) is 13.0 Å². The summed E-state index contributed by atoms with van der Waals surface area (Å²) in [7, 11) is 0. The minimum Gasteiger partial charge on any atom is -0.406 e. The van der Waals surface area contributed by atoms with Crippen LogP contribution in [-0.4, -0.2) is 57.6 Å². The van der Waals surface area contributed by atoms with Crippen LogP contribution >= 0.6 is 11.3 Å². The summed E-state index contributed by atoms with van der Waals surface area (Å²) in [6.07, 6.45) is 0.243. The minimum absolute atomic E-state index is 0.0903. The van der Waals surface area contributed by atoms with Crippen LogP contribution in [0.5, 0.6) is 5.75 Å². The lowest BCUT2D eigenvalue weighted by atomic mass is 10.2. The van der Waals surface area contributed by atoms with Gasteiger partial charge in [-0.2, -0.15) is 5.10 Å². The van der Waals surface area contributed by atoms with Crippen LogP contribution < -0.4 is 10.1 Å². The molecule has 1 amide bonds. The lowest BCUT2D eigenvalue weighted by Gasteiger charge is -2.27. The van der Waals surface area contributed by atoms with Crippen LogP contribution in [0.25, 0.3) is 16.3 Å². The molecule has 0 bridgehead atoms. The number of carbonyl (C=O) groups is 1. The van der Waals surface area contributed by atoms with Gasteiger partial charge < -0.3 is 15.0 Å². The maximum absolute atomic E-state index is 13.1. The van der Waals surface area contributed by atoms with Gasteiger partial charge >= 0.3 is 6.36 Å². The van der Waals surface area contributed by atoms with Gasteiger partial charge in [-0.15, -0.1) is 24.5 Å². The Balaban J connectivity index is 1.52. The summed E-state index contributed by atoms with van der Waals surface area (Å²) in [4.78, 5) is 19.5. The van der Waals surface area contributed by atoms with Crippen molar-refractivity contribution in [1.29, 1.82) is 0 Å². The molecule has 0 saturated carbocycles. The van der Waals surface area contributed by atoms with Gasteiger partial charge in [0.2, 0.25) is 0 Å². The van der Waals surface area contributed by atoms with Gasteiger partial charge in [0.25, 0.3) is 5.91 Å². The molecule has 11 heteroatoms. The second kappa shape index (κ2) is 9.29. The number of rotatable bonds is 7. The standard InChI is InChI=1S/C21H22F3N5O2S/c1-2-8-28(16-6-7-25-11-16)20(30)18-13-32-19(27-18)14-10-26-29(12-14)15-4-3-5-17(9-15)31-21(22,23)24/h3-5,9-10,12-13,16,25H,2,6-8,11H2,1H3/t16-/m0/s1. The van der Waals surface area contributed by atoms with Crippen molar-refractivity contribution in [3.05, 3.63) is 47.7 Å². The Morgan fingerprint density at radius 1 is 1.41 bits per heavy atom. The first kappa shape index (κ1) is 22.3. The first-order valence-electron chi connectivity index (χ1n) is 10.2. The molecule has 0 aliphatic carbocycles. The second-order valence-electron chi connectivity index (χ2n) is 7.40. The molecule has 3 aromatic rings. The fourth-order valence-electron chi connectivity index (χ4n) is 3.65. The molecule has 32 heavy (non-hydrogen) atoms. The molecule has 1 aliphatic heterocycles. The zero-order valence-electron chi connectivity index (χ0n) is 17.3. The van der Waals surface area contributed by atoms with Gasteiger partial charge in [-0.25, -0.2) is 9.67 Å². The highest BCUT2D eigenvalue weighted by Gasteiger charge is 2.31. The number of aromatic nitrogens is 3. The number of amides is 1. The maximum Gasteiger partial charge on any atom is 0.573 e. The van der Waals surface area contributed by atoms with E-state index < -0.39 is 6.36 Å². The lowest BCUT2D eigenvalue weighted by Crippen LogP contribution is -2.42. The number of nitrogens with one attached hydrogen (secondary N) is 1. The van der Waals surface area contributed by atoms with E-state index >= 15 is 0 Å². The fraction of sp³-hybridized carbons (Fsp3) is 0.381. The van der Waals surface area contributed by atoms with E-state index in [4.69, 9.17) is 0 Å². The molecule has 0 unspecified atom stereocenters. The van der Waals surface area contributed by atoms with E-state index in [9.17, 15) is 18.0 Å². The van der Waals surface area contributed by atoms with E-state index in [-0.39, 0.29) is 17.7 Å². The number of nitrogens with zero attached hydrogens (tertiary/aromatic N) is 4. The van der Waals surface area contributed by atoms with Crippen molar-refractivity contribution in [2.45, 2.75) is 32.2 Å². The molecule has 2 aromatic heterocycles. The molecule has 1 N–H and O–H groups in total. The van der Waals surface area contributed by atoms with Gasteiger partial charge in [-0.3, -0.25) is 4.79 Å². The summed E-state index contributed by atoms with van der Waals surface area (Å²) in [6.45, 7) is 4.39. The molecule has 0 radical (unpaired) electrons. The smallest absolute Gasteiger partial charge is 0.406 e. The molecule has 1 aromatic carbocycles. The number of hydrogen-bond donors (Lipinski definition) is 1. The molecular formula is C21H22F3N5O2S. The molecule has 170 valence electrons. The highest BCUT2D eigenvalue weighted by atomic mass is 32.1. The van der Waals surface area contributed by atoms with Crippen molar-refractivity contribution in [1.82, 2.24) is 25.0 Å². The Morgan fingerprint density at radius 2 is 2.25 bits per heavy atom. The summed E-state index contributed by atoms with van der Waals surface area (Å²) in [6, 6.07) is 5.72. The molecule has 0 spiro atoms. The van der Waals surface area contributed by atoms with E-state index in [0.717, 1.165) is 25.9 Å². The van der Waals surface area contributed by atoms with Crippen LogP contribution in [0, 0.1) is 0 Å². The Morgan fingerprint density at radius 3 is 2.97 bits per heavy atom. The van der Waals surface area contributed by atoms with Gasteiger partial charge in [0.1, 0.15) is 16.5 Å². The summed E-state index contributed by atoms with van der Waals surface area (Å²) in [5.41, 5.74) is 1.47. The Bertz CT molecular complexity index is 1080. The third kappa shape index (κ3) is 5.10. The highest BCUT2D eigenvalue weighted by molar-refractivity contribution is 7.13. The molecule has 1 saturated heterocycles. The number of carbonyl (C=O) groups excluding carboxylic acids is 1. The molecule has 3 heterocycles. The van der Waals surface area contributed by atoms with E-state index in [1.165, 1.54) is 34.2 Å². The van der Waals surface area contributed by atoms with Crippen molar-refractivity contribution in [3.63, 3.8) is 0 Å². The number of thiazole rings is 1. The van der Waals surface area contributed by atoms with Crippen molar-refractivity contribution < 1.29 is 22.7 Å². The largest absolute Gasteiger partial charge is 0.573 e. The van der Waals surface area contributed by atoms with Crippen LogP contribution in [0.15, 0.2) is 42.0 Å². The quantitative estimate of drug-likeness (QED) is 0.569. The molecule has 7 nitrogen and oxygen atoms in total. The molecule has 1 fully saturated rings. The van der Waals surface area contributed by atoms with Crippen molar-refractivity contribution in [2.24, 2.45) is 0 Å². The first-order chi connectivity index (χ1) is 15.3. The number of benzene rings is 1. The molecule has 1 aliphatic rings. The predicted octanol–water partition coefficient (Wildman–Crippen LogP) is 4.11. The van der Waals surface area contributed by atoms with Crippen LogP contribution in [0.2, 0.25) is 0 Å². The summed E-state index contributed by atoms with van der Waals surface area (Å²) in [5.74, 6) is -0.418. The summed E-state index contributed by atoms with van der Waals surface area (Å²) < 4.78 is 42.9. The van der Waals surface area contributed by atoms with Crippen LogP contribution in [0.3, 0.4) is 0 Å². The normalized spacial score (nSPS) is 16.3. The van der Waals surface area contributed by atoms with Gasteiger partial charge in [0.05, 0.1) is 11.9 Å². The zero-order chi connectivity index (χ0) is 22.7. The second-order valence-corrected chi connectivity index (χ2v) is 8.26. The van der Waals surface area contributed by atoms with Crippen molar-refractivity contribution in [2.75, 3.05) is 19.6 Å². The van der Waals surface area contributed by atoms with Crippen molar-refractivity contribution in [3.8, 4) is 22.0 Å². The van der Waals surface area contributed by atoms with Crippen LogP contribution in [-0.2, 0) is 0 Å². The SMILES string of the molecule is CCCN(C(=O)c1csc(-c2cnn(-c3cccc(OC(F)(F)F)c3)c2)n1)[C@H]1CCNC1. The maximum atomic E-state index is 13.1. The fourth-order valence-corrected chi connectivity index (χ4v) is 4.41.